The van der Waals surface area contributed by atoms with Gasteiger partial charge in [-0.3, -0.25) is 0 Å². The van der Waals surface area contributed by atoms with Crippen LogP contribution in [0.5, 0.6) is 6.01 Å². The summed E-state index contributed by atoms with van der Waals surface area (Å²) in [5.41, 5.74) is 2.98. The van der Waals surface area contributed by atoms with E-state index < -0.39 is 0 Å². The molecule has 2 rings (SSSR count). The summed E-state index contributed by atoms with van der Waals surface area (Å²) < 4.78 is 5.47. The summed E-state index contributed by atoms with van der Waals surface area (Å²) in [6.45, 7) is 6.15. The van der Waals surface area contributed by atoms with E-state index in [0.717, 1.165) is 30.9 Å². The lowest BCUT2D eigenvalue weighted by Gasteiger charge is -2.06. The van der Waals surface area contributed by atoms with Gasteiger partial charge in [0.25, 0.3) is 0 Å². The summed E-state index contributed by atoms with van der Waals surface area (Å²) in [5, 5.41) is 11.3. The lowest BCUT2D eigenvalue weighted by atomic mass is 10.2. The minimum Gasteiger partial charge on any atom is -0.462 e. The zero-order valence-electron chi connectivity index (χ0n) is 12.0. The minimum absolute atomic E-state index is 0.358. The van der Waals surface area contributed by atoms with Crippen LogP contribution in [0.3, 0.4) is 0 Å². The maximum absolute atomic E-state index is 5.47. The second-order valence-corrected chi connectivity index (χ2v) is 4.63. The van der Waals surface area contributed by atoms with Crippen molar-refractivity contribution in [2.75, 3.05) is 13.2 Å². The van der Waals surface area contributed by atoms with Crippen LogP contribution in [-0.2, 0) is 6.54 Å². The Hall–Kier alpha value is -2.01. The van der Waals surface area contributed by atoms with Crippen molar-refractivity contribution in [3.63, 3.8) is 0 Å². The molecule has 0 saturated carbocycles. The van der Waals surface area contributed by atoms with Crippen molar-refractivity contribution in [3.05, 3.63) is 47.3 Å². The van der Waals surface area contributed by atoms with Gasteiger partial charge in [-0.2, -0.15) is 4.98 Å². The summed E-state index contributed by atoms with van der Waals surface area (Å²) in [6.07, 6.45) is 0.906. The molecule has 5 nitrogen and oxygen atoms in total. The molecule has 0 saturated heterocycles. The van der Waals surface area contributed by atoms with Gasteiger partial charge in [0, 0.05) is 6.54 Å². The molecule has 0 aliphatic carbocycles. The van der Waals surface area contributed by atoms with Gasteiger partial charge in [0.15, 0.2) is 0 Å². The fraction of sp³-hybridized carbons (Fsp3) is 0.400. The monoisotopic (exact) mass is 272 g/mol. The molecule has 0 aliphatic heterocycles. The second kappa shape index (κ2) is 7.55. The van der Waals surface area contributed by atoms with Crippen LogP contribution < -0.4 is 10.1 Å². The highest BCUT2D eigenvalue weighted by molar-refractivity contribution is 5.14. The Labute approximate surface area is 119 Å². The van der Waals surface area contributed by atoms with Gasteiger partial charge in [-0.05, 0) is 32.4 Å². The Kier molecular flexibility index (Phi) is 5.43. The minimum atomic E-state index is 0.358. The molecule has 1 N–H and O–H groups in total. The Morgan fingerprint density at radius 3 is 2.60 bits per heavy atom. The van der Waals surface area contributed by atoms with E-state index in [1.165, 1.54) is 5.56 Å². The van der Waals surface area contributed by atoms with Gasteiger partial charge in [0.2, 0.25) is 0 Å². The predicted octanol–water partition coefficient (Wildman–Crippen LogP) is 2.05. The van der Waals surface area contributed by atoms with E-state index in [9.17, 15) is 0 Å². The molecule has 0 radical (unpaired) electrons. The fourth-order valence-electron chi connectivity index (χ4n) is 1.69. The zero-order chi connectivity index (χ0) is 14.2. The summed E-state index contributed by atoms with van der Waals surface area (Å²) in [7, 11) is 0. The maximum atomic E-state index is 5.47. The molecular weight excluding hydrogens is 252 g/mol. The van der Waals surface area contributed by atoms with Gasteiger partial charge in [-0.15, -0.1) is 5.10 Å². The van der Waals surface area contributed by atoms with Gasteiger partial charge >= 0.3 is 6.01 Å². The van der Waals surface area contributed by atoms with E-state index in [0.29, 0.717) is 12.6 Å². The Balaban J connectivity index is 1.61. The molecule has 106 valence electrons. The van der Waals surface area contributed by atoms with Gasteiger partial charge in [0.05, 0.1) is 18.0 Å². The van der Waals surface area contributed by atoms with Crippen LogP contribution in [0.2, 0.25) is 0 Å². The number of aryl methyl sites for hydroxylation is 2. The van der Waals surface area contributed by atoms with E-state index in [-0.39, 0.29) is 0 Å². The van der Waals surface area contributed by atoms with Gasteiger partial charge in [-0.25, -0.2) is 0 Å². The normalized spacial score (nSPS) is 10.5. The predicted molar refractivity (Wildman–Crippen MR) is 77.6 cm³/mol. The molecule has 5 heteroatoms. The molecule has 0 atom stereocenters. The average Bonchev–Trinajstić information content (AvgIpc) is 2.47. The van der Waals surface area contributed by atoms with Crippen molar-refractivity contribution in [2.24, 2.45) is 0 Å². The fourth-order valence-corrected chi connectivity index (χ4v) is 1.69. The van der Waals surface area contributed by atoms with Crippen LogP contribution in [0, 0.1) is 13.8 Å². The van der Waals surface area contributed by atoms with Gasteiger partial charge < -0.3 is 10.1 Å². The first-order valence-corrected chi connectivity index (χ1v) is 6.81. The first-order valence-electron chi connectivity index (χ1n) is 6.81. The third-order valence-electron chi connectivity index (χ3n) is 2.97. The van der Waals surface area contributed by atoms with Gasteiger partial charge in [-0.1, -0.05) is 35.4 Å². The van der Waals surface area contributed by atoms with E-state index in [1.807, 2.05) is 32.0 Å². The van der Waals surface area contributed by atoms with Crippen LogP contribution in [0.1, 0.15) is 23.4 Å². The molecule has 0 bridgehead atoms. The average molecular weight is 272 g/mol. The molecule has 0 amide bonds. The first-order chi connectivity index (χ1) is 9.75. The molecule has 0 fully saturated rings. The molecule has 1 aromatic carbocycles. The highest BCUT2D eigenvalue weighted by Crippen LogP contribution is 2.04. The quantitative estimate of drug-likeness (QED) is 0.782. The topological polar surface area (TPSA) is 59.9 Å². The van der Waals surface area contributed by atoms with Crippen molar-refractivity contribution < 1.29 is 4.74 Å². The molecule has 20 heavy (non-hydrogen) atoms. The van der Waals surface area contributed by atoms with Crippen molar-refractivity contribution in [1.82, 2.24) is 20.5 Å². The maximum Gasteiger partial charge on any atom is 0.335 e. The summed E-state index contributed by atoms with van der Waals surface area (Å²) in [6, 6.07) is 10.7. The number of hydrogen-bond donors (Lipinski definition) is 1. The lowest BCUT2D eigenvalue weighted by molar-refractivity contribution is 0.279. The summed E-state index contributed by atoms with van der Waals surface area (Å²) >= 11 is 0. The molecule has 0 aliphatic rings. The number of nitrogens with one attached hydrogen (secondary N) is 1. The number of ether oxygens (including phenoxy) is 1. The Morgan fingerprint density at radius 2 is 1.85 bits per heavy atom. The van der Waals surface area contributed by atoms with Crippen LogP contribution in [0.15, 0.2) is 30.3 Å². The van der Waals surface area contributed by atoms with Crippen LogP contribution in [0.4, 0.5) is 0 Å². The van der Waals surface area contributed by atoms with E-state index in [2.05, 4.69) is 32.6 Å². The third-order valence-corrected chi connectivity index (χ3v) is 2.97. The van der Waals surface area contributed by atoms with Crippen LogP contribution >= 0.6 is 0 Å². The second-order valence-electron chi connectivity index (χ2n) is 4.63. The number of hydrogen-bond acceptors (Lipinski definition) is 5. The van der Waals surface area contributed by atoms with E-state index >= 15 is 0 Å². The summed E-state index contributed by atoms with van der Waals surface area (Å²) in [5.74, 6) is 0. The number of benzene rings is 1. The molecule has 0 spiro atoms. The molecule has 1 heterocycles. The Morgan fingerprint density at radius 1 is 1.05 bits per heavy atom. The standard InChI is InChI=1S/C15H20N4O/c1-12-13(2)18-19-15(17-12)20-10-6-9-16-11-14-7-4-3-5-8-14/h3-5,7-8,16H,6,9-11H2,1-2H3. The van der Waals surface area contributed by atoms with Crippen LogP contribution in [-0.4, -0.2) is 28.3 Å². The highest BCUT2D eigenvalue weighted by Gasteiger charge is 2.01. The van der Waals surface area contributed by atoms with E-state index in [4.69, 9.17) is 4.74 Å². The molecule has 2 aromatic rings. The molecular formula is C15H20N4O. The molecule has 1 aromatic heterocycles. The first kappa shape index (κ1) is 14.4. The van der Waals surface area contributed by atoms with Gasteiger partial charge in [0.1, 0.15) is 0 Å². The van der Waals surface area contributed by atoms with Crippen molar-refractivity contribution in [1.29, 1.82) is 0 Å². The summed E-state index contributed by atoms with van der Waals surface area (Å²) in [4.78, 5) is 4.22. The number of rotatable bonds is 7. The Bertz CT molecular complexity index is 531. The van der Waals surface area contributed by atoms with Crippen LogP contribution in [0.25, 0.3) is 0 Å². The largest absolute Gasteiger partial charge is 0.462 e. The number of aromatic nitrogens is 3. The highest BCUT2D eigenvalue weighted by atomic mass is 16.5. The zero-order valence-corrected chi connectivity index (χ0v) is 12.0. The van der Waals surface area contributed by atoms with E-state index in [1.54, 1.807) is 0 Å². The third kappa shape index (κ3) is 4.59. The lowest BCUT2D eigenvalue weighted by Crippen LogP contribution is -2.17. The van der Waals surface area contributed by atoms with Crippen molar-refractivity contribution >= 4 is 0 Å². The number of nitrogens with zero attached hydrogens (tertiary/aromatic N) is 3. The molecule has 0 unspecified atom stereocenters. The van der Waals surface area contributed by atoms with Crippen molar-refractivity contribution in [2.45, 2.75) is 26.8 Å². The smallest absolute Gasteiger partial charge is 0.335 e. The van der Waals surface area contributed by atoms with Crippen molar-refractivity contribution in [3.8, 4) is 6.01 Å². The SMILES string of the molecule is Cc1nnc(OCCCNCc2ccccc2)nc1C.